The van der Waals surface area contributed by atoms with Crippen LogP contribution in [-0.2, 0) is 21.5 Å². The van der Waals surface area contributed by atoms with Gasteiger partial charge in [0, 0.05) is 0 Å². The highest BCUT2D eigenvalue weighted by molar-refractivity contribution is 7.85. The zero-order valence-corrected chi connectivity index (χ0v) is 9.43. The fourth-order valence-corrected chi connectivity index (χ4v) is 1.76. The second kappa shape index (κ2) is 5.95. The summed E-state index contributed by atoms with van der Waals surface area (Å²) in [4.78, 5) is 0. The third-order valence-corrected chi connectivity index (χ3v) is 2.63. The summed E-state index contributed by atoms with van der Waals surface area (Å²) in [6.45, 7) is 0.165. The van der Waals surface area contributed by atoms with Gasteiger partial charge in [0.25, 0.3) is 10.1 Å². The molecular weight excluding hydrogens is 232 g/mol. The van der Waals surface area contributed by atoms with Gasteiger partial charge in [0.2, 0.25) is 0 Å². The van der Waals surface area contributed by atoms with E-state index in [0.717, 1.165) is 5.56 Å². The topological polar surface area (TPSA) is 83.8 Å². The summed E-state index contributed by atoms with van der Waals surface area (Å²) in [5.74, 6) is -0.707. The van der Waals surface area contributed by atoms with Crippen LogP contribution in [0.3, 0.4) is 0 Å². The smallest absolute Gasteiger partial charge is 0.267 e. The van der Waals surface area contributed by atoms with E-state index in [-0.39, 0.29) is 6.61 Å². The van der Waals surface area contributed by atoms with Crippen molar-refractivity contribution in [3.63, 3.8) is 0 Å². The van der Waals surface area contributed by atoms with Gasteiger partial charge in [-0.1, -0.05) is 30.3 Å². The summed E-state index contributed by atoms with van der Waals surface area (Å²) in [5.41, 5.74) is 0.932. The molecule has 1 rings (SSSR count). The van der Waals surface area contributed by atoms with Crippen LogP contribution in [0, 0.1) is 0 Å². The van der Waals surface area contributed by atoms with Crippen molar-refractivity contribution in [2.45, 2.75) is 12.7 Å². The Morgan fingerprint density at radius 1 is 1.25 bits per heavy atom. The number of hydrogen-bond acceptors (Lipinski definition) is 4. The zero-order valence-electron chi connectivity index (χ0n) is 8.61. The van der Waals surface area contributed by atoms with Crippen molar-refractivity contribution in [3.8, 4) is 0 Å². The van der Waals surface area contributed by atoms with Crippen LogP contribution >= 0.6 is 0 Å². The number of hydrogen-bond donors (Lipinski definition) is 2. The molecule has 0 aliphatic carbocycles. The monoisotopic (exact) mass is 246 g/mol. The van der Waals surface area contributed by atoms with Gasteiger partial charge in [-0.05, 0) is 5.56 Å². The number of aliphatic hydroxyl groups is 1. The standard InChI is InChI=1S/C10H14O5S/c11-10(8-16(12,13)14)7-15-6-9-4-2-1-3-5-9/h1-5,10-11H,6-8H2,(H,12,13,14). The third-order valence-electron chi connectivity index (χ3n) is 1.82. The normalized spacial score (nSPS) is 13.6. The molecule has 5 nitrogen and oxygen atoms in total. The van der Waals surface area contributed by atoms with Crippen molar-refractivity contribution in [1.82, 2.24) is 0 Å². The van der Waals surface area contributed by atoms with Crippen molar-refractivity contribution in [3.05, 3.63) is 35.9 Å². The van der Waals surface area contributed by atoms with Gasteiger partial charge >= 0.3 is 0 Å². The van der Waals surface area contributed by atoms with Crippen LogP contribution in [0.25, 0.3) is 0 Å². The highest BCUT2D eigenvalue weighted by Crippen LogP contribution is 2.01. The number of ether oxygens (including phenoxy) is 1. The van der Waals surface area contributed by atoms with E-state index in [4.69, 9.17) is 9.29 Å². The van der Waals surface area contributed by atoms with Crippen LogP contribution in [0.15, 0.2) is 30.3 Å². The molecule has 0 aliphatic heterocycles. The lowest BCUT2D eigenvalue weighted by atomic mass is 10.2. The zero-order chi connectivity index (χ0) is 12.0. The highest BCUT2D eigenvalue weighted by atomic mass is 32.2. The molecule has 2 N–H and O–H groups in total. The molecule has 16 heavy (non-hydrogen) atoms. The van der Waals surface area contributed by atoms with E-state index in [2.05, 4.69) is 0 Å². The Morgan fingerprint density at radius 2 is 1.88 bits per heavy atom. The molecule has 0 heterocycles. The third kappa shape index (κ3) is 5.82. The Bertz CT molecular complexity index is 400. The maximum absolute atomic E-state index is 10.4. The lowest BCUT2D eigenvalue weighted by Crippen LogP contribution is -2.25. The molecule has 0 amide bonds. The predicted molar refractivity (Wildman–Crippen MR) is 58.5 cm³/mol. The fraction of sp³-hybridized carbons (Fsp3) is 0.400. The minimum Gasteiger partial charge on any atom is -0.390 e. The van der Waals surface area contributed by atoms with E-state index < -0.39 is 22.0 Å². The van der Waals surface area contributed by atoms with Gasteiger partial charge in [0.05, 0.1) is 19.3 Å². The molecule has 0 saturated heterocycles. The molecule has 1 atom stereocenters. The largest absolute Gasteiger partial charge is 0.390 e. The van der Waals surface area contributed by atoms with E-state index in [9.17, 15) is 13.5 Å². The van der Waals surface area contributed by atoms with Crippen molar-refractivity contribution in [2.24, 2.45) is 0 Å². The quantitative estimate of drug-likeness (QED) is 0.712. The van der Waals surface area contributed by atoms with Crippen LogP contribution in [-0.4, -0.2) is 36.5 Å². The molecule has 0 radical (unpaired) electrons. The summed E-state index contributed by atoms with van der Waals surface area (Å²) in [7, 11) is -4.15. The van der Waals surface area contributed by atoms with Crippen molar-refractivity contribution in [1.29, 1.82) is 0 Å². The fourth-order valence-electron chi connectivity index (χ4n) is 1.18. The van der Waals surface area contributed by atoms with Gasteiger partial charge in [-0.3, -0.25) is 4.55 Å². The second-order valence-corrected chi connectivity index (χ2v) is 4.90. The molecule has 6 heteroatoms. The Hall–Kier alpha value is -0.950. The van der Waals surface area contributed by atoms with Crippen LogP contribution in [0.2, 0.25) is 0 Å². The summed E-state index contributed by atoms with van der Waals surface area (Å²) in [6, 6.07) is 9.29. The first-order chi connectivity index (χ1) is 7.47. The van der Waals surface area contributed by atoms with Gasteiger partial charge in [0.1, 0.15) is 5.75 Å². The predicted octanol–water partition coefficient (Wildman–Crippen LogP) is 0.452. The van der Waals surface area contributed by atoms with Crippen molar-refractivity contribution < 1.29 is 22.8 Å². The van der Waals surface area contributed by atoms with Gasteiger partial charge in [0.15, 0.2) is 0 Å². The minimum atomic E-state index is -4.15. The van der Waals surface area contributed by atoms with Crippen LogP contribution in [0.5, 0.6) is 0 Å². The van der Waals surface area contributed by atoms with Gasteiger partial charge in [-0.25, -0.2) is 0 Å². The summed E-state index contributed by atoms with van der Waals surface area (Å²) < 4.78 is 34.4. The Morgan fingerprint density at radius 3 is 2.44 bits per heavy atom. The van der Waals surface area contributed by atoms with E-state index in [1.54, 1.807) is 0 Å². The molecule has 1 aromatic rings. The van der Waals surface area contributed by atoms with E-state index in [0.29, 0.717) is 6.61 Å². The maximum Gasteiger partial charge on any atom is 0.267 e. The number of benzene rings is 1. The SMILES string of the molecule is O=S(=O)(O)CC(O)COCc1ccccc1. The van der Waals surface area contributed by atoms with Gasteiger partial charge in [-0.2, -0.15) is 8.42 Å². The molecule has 1 aromatic carbocycles. The molecule has 0 fully saturated rings. The summed E-state index contributed by atoms with van der Waals surface area (Å²) in [6.07, 6.45) is -1.21. The van der Waals surface area contributed by atoms with Gasteiger partial charge < -0.3 is 9.84 Å². The van der Waals surface area contributed by atoms with Crippen LogP contribution < -0.4 is 0 Å². The average Bonchev–Trinajstić information content (AvgIpc) is 2.16. The number of aliphatic hydroxyl groups excluding tert-OH is 1. The van der Waals surface area contributed by atoms with Crippen LogP contribution in [0.4, 0.5) is 0 Å². The minimum absolute atomic E-state index is 0.130. The lowest BCUT2D eigenvalue weighted by Gasteiger charge is -2.09. The van der Waals surface area contributed by atoms with Crippen molar-refractivity contribution >= 4 is 10.1 Å². The van der Waals surface area contributed by atoms with E-state index in [1.165, 1.54) is 0 Å². The molecule has 0 aromatic heterocycles. The lowest BCUT2D eigenvalue weighted by molar-refractivity contribution is 0.0384. The summed E-state index contributed by atoms with van der Waals surface area (Å²) in [5, 5.41) is 9.20. The Kier molecular flexibility index (Phi) is 4.88. The summed E-state index contributed by atoms with van der Waals surface area (Å²) >= 11 is 0. The van der Waals surface area contributed by atoms with Crippen molar-refractivity contribution in [2.75, 3.05) is 12.4 Å². The molecule has 90 valence electrons. The average molecular weight is 246 g/mol. The Labute approximate surface area is 94.4 Å². The number of rotatable bonds is 6. The molecule has 0 spiro atoms. The van der Waals surface area contributed by atoms with Crippen LogP contribution in [0.1, 0.15) is 5.56 Å². The molecule has 0 aliphatic rings. The molecule has 0 bridgehead atoms. The first-order valence-electron chi connectivity index (χ1n) is 4.72. The first-order valence-corrected chi connectivity index (χ1v) is 6.33. The van der Waals surface area contributed by atoms with Gasteiger partial charge in [-0.15, -0.1) is 0 Å². The second-order valence-electron chi connectivity index (χ2n) is 3.40. The molecule has 1 unspecified atom stereocenters. The molecule has 0 saturated carbocycles. The maximum atomic E-state index is 10.4. The highest BCUT2D eigenvalue weighted by Gasteiger charge is 2.13. The first kappa shape index (κ1) is 13.1. The Balaban J connectivity index is 2.26. The van der Waals surface area contributed by atoms with E-state index in [1.807, 2.05) is 30.3 Å². The van der Waals surface area contributed by atoms with E-state index >= 15 is 0 Å². The molecular formula is C10H14O5S.